The zero-order chi connectivity index (χ0) is 13.1. The van der Waals surface area contributed by atoms with Crippen molar-refractivity contribution >= 4 is 10.9 Å². The molecule has 0 aliphatic carbocycles. The van der Waals surface area contributed by atoms with Crippen LogP contribution < -0.4 is 10.6 Å². The molecule has 1 saturated heterocycles. The van der Waals surface area contributed by atoms with Gasteiger partial charge in [-0.15, -0.1) is 0 Å². The molecule has 1 atom stereocenters. The molecule has 2 aromatic rings. The van der Waals surface area contributed by atoms with Gasteiger partial charge in [-0.25, -0.2) is 0 Å². The fourth-order valence-electron chi connectivity index (χ4n) is 3.03. The summed E-state index contributed by atoms with van der Waals surface area (Å²) in [5, 5.41) is 8.54. The van der Waals surface area contributed by atoms with Crippen LogP contribution in [0.2, 0.25) is 0 Å². The Morgan fingerprint density at radius 2 is 2.16 bits per heavy atom. The van der Waals surface area contributed by atoms with Crippen LogP contribution in [-0.4, -0.2) is 24.1 Å². The number of fused-ring (bicyclic) bond motifs is 1. The second-order valence-corrected chi connectivity index (χ2v) is 5.55. The summed E-state index contributed by atoms with van der Waals surface area (Å²) in [6.45, 7) is 5.36. The fourth-order valence-corrected chi connectivity index (χ4v) is 3.03. The van der Waals surface area contributed by atoms with Crippen LogP contribution in [0.1, 0.15) is 30.5 Å². The first kappa shape index (κ1) is 12.7. The first-order valence-corrected chi connectivity index (χ1v) is 7.35. The standard InChI is InChI=1S/C16H23N3/c1-12-15(14-7-2-3-8-16(14)19-12)11-17-10-13-6-4-5-9-18-13/h2-3,7-8,13,17-19H,4-6,9-11H2,1H3. The summed E-state index contributed by atoms with van der Waals surface area (Å²) in [5.74, 6) is 0. The molecule has 1 aromatic heterocycles. The summed E-state index contributed by atoms with van der Waals surface area (Å²) in [5.41, 5.74) is 3.93. The van der Waals surface area contributed by atoms with E-state index in [4.69, 9.17) is 0 Å². The topological polar surface area (TPSA) is 39.9 Å². The second-order valence-electron chi connectivity index (χ2n) is 5.55. The van der Waals surface area contributed by atoms with Crippen molar-refractivity contribution in [3.8, 4) is 0 Å². The Labute approximate surface area is 114 Å². The first-order chi connectivity index (χ1) is 9.34. The van der Waals surface area contributed by atoms with Crippen molar-refractivity contribution in [1.29, 1.82) is 0 Å². The van der Waals surface area contributed by atoms with Crippen LogP contribution in [0, 0.1) is 6.92 Å². The van der Waals surface area contributed by atoms with Gasteiger partial charge in [0, 0.05) is 35.7 Å². The van der Waals surface area contributed by atoms with Gasteiger partial charge < -0.3 is 15.6 Å². The minimum atomic E-state index is 0.652. The van der Waals surface area contributed by atoms with Gasteiger partial charge in [0.25, 0.3) is 0 Å². The summed E-state index contributed by atoms with van der Waals surface area (Å²) >= 11 is 0. The predicted octanol–water partition coefficient (Wildman–Crippen LogP) is 2.71. The lowest BCUT2D eigenvalue weighted by Crippen LogP contribution is -2.41. The molecular formula is C16H23N3. The summed E-state index contributed by atoms with van der Waals surface area (Å²) < 4.78 is 0. The molecule has 0 spiro atoms. The SMILES string of the molecule is Cc1[nH]c2ccccc2c1CNCC1CCCCN1. The maximum Gasteiger partial charge on any atom is 0.0459 e. The number of hydrogen-bond donors (Lipinski definition) is 3. The Balaban J connectivity index is 1.63. The van der Waals surface area contributed by atoms with Gasteiger partial charge in [0.05, 0.1) is 0 Å². The number of hydrogen-bond acceptors (Lipinski definition) is 2. The molecule has 3 rings (SSSR count). The number of aromatic nitrogens is 1. The zero-order valence-corrected chi connectivity index (χ0v) is 11.6. The van der Waals surface area contributed by atoms with Crippen LogP contribution in [0.4, 0.5) is 0 Å². The summed E-state index contributed by atoms with van der Waals surface area (Å²) in [4.78, 5) is 3.46. The predicted molar refractivity (Wildman–Crippen MR) is 80.4 cm³/mol. The molecule has 0 bridgehead atoms. The normalized spacial score (nSPS) is 19.9. The lowest BCUT2D eigenvalue weighted by atomic mass is 10.0. The third-order valence-electron chi connectivity index (χ3n) is 4.13. The van der Waals surface area contributed by atoms with Crippen molar-refractivity contribution in [2.45, 2.75) is 38.8 Å². The van der Waals surface area contributed by atoms with E-state index in [0.29, 0.717) is 6.04 Å². The van der Waals surface area contributed by atoms with Gasteiger partial charge in [0.2, 0.25) is 0 Å². The van der Waals surface area contributed by atoms with Crippen LogP contribution in [0.15, 0.2) is 24.3 Å². The molecule has 3 heteroatoms. The number of benzene rings is 1. The van der Waals surface area contributed by atoms with Gasteiger partial charge in [0.1, 0.15) is 0 Å². The van der Waals surface area contributed by atoms with E-state index in [1.165, 1.54) is 48.0 Å². The minimum Gasteiger partial charge on any atom is -0.358 e. The third kappa shape index (κ3) is 2.82. The van der Waals surface area contributed by atoms with E-state index >= 15 is 0 Å². The lowest BCUT2D eigenvalue weighted by molar-refractivity contribution is 0.383. The van der Waals surface area contributed by atoms with Gasteiger partial charge >= 0.3 is 0 Å². The van der Waals surface area contributed by atoms with E-state index in [1.54, 1.807) is 0 Å². The average Bonchev–Trinajstić information content (AvgIpc) is 2.76. The maximum atomic E-state index is 3.61. The van der Waals surface area contributed by atoms with Crippen LogP contribution >= 0.6 is 0 Å². The largest absolute Gasteiger partial charge is 0.358 e. The average molecular weight is 257 g/mol. The number of rotatable bonds is 4. The Hall–Kier alpha value is -1.32. The Morgan fingerprint density at radius 3 is 3.00 bits per heavy atom. The molecule has 0 amide bonds. The maximum absolute atomic E-state index is 3.61. The van der Waals surface area contributed by atoms with Gasteiger partial charge in [-0.05, 0) is 37.9 Å². The van der Waals surface area contributed by atoms with Crippen molar-refractivity contribution in [1.82, 2.24) is 15.6 Å². The molecule has 1 unspecified atom stereocenters. The van der Waals surface area contributed by atoms with E-state index in [-0.39, 0.29) is 0 Å². The van der Waals surface area contributed by atoms with E-state index < -0.39 is 0 Å². The number of nitrogens with one attached hydrogen (secondary N) is 3. The molecule has 2 heterocycles. The molecule has 1 aromatic carbocycles. The Morgan fingerprint density at radius 1 is 1.26 bits per heavy atom. The zero-order valence-electron chi connectivity index (χ0n) is 11.6. The molecule has 1 aliphatic rings. The molecule has 19 heavy (non-hydrogen) atoms. The van der Waals surface area contributed by atoms with Crippen LogP contribution in [0.5, 0.6) is 0 Å². The lowest BCUT2D eigenvalue weighted by Gasteiger charge is -2.23. The number of para-hydroxylation sites is 1. The summed E-state index contributed by atoms with van der Waals surface area (Å²) in [7, 11) is 0. The number of H-pyrrole nitrogens is 1. The monoisotopic (exact) mass is 257 g/mol. The van der Waals surface area contributed by atoms with E-state index in [2.05, 4.69) is 46.8 Å². The highest BCUT2D eigenvalue weighted by atomic mass is 15.0. The van der Waals surface area contributed by atoms with Crippen LogP contribution in [0.25, 0.3) is 10.9 Å². The fraction of sp³-hybridized carbons (Fsp3) is 0.500. The van der Waals surface area contributed by atoms with Gasteiger partial charge in [-0.3, -0.25) is 0 Å². The Bertz CT molecular complexity index is 538. The molecule has 102 valence electrons. The molecule has 1 fully saturated rings. The van der Waals surface area contributed by atoms with E-state index in [0.717, 1.165) is 13.1 Å². The van der Waals surface area contributed by atoms with Crippen molar-refractivity contribution in [3.63, 3.8) is 0 Å². The van der Waals surface area contributed by atoms with Crippen molar-refractivity contribution in [2.24, 2.45) is 0 Å². The van der Waals surface area contributed by atoms with Gasteiger partial charge in [0.15, 0.2) is 0 Å². The van der Waals surface area contributed by atoms with E-state index in [1.807, 2.05) is 0 Å². The highest BCUT2D eigenvalue weighted by Gasteiger charge is 2.12. The highest BCUT2D eigenvalue weighted by Crippen LogP contribution is 2.21. The van der Waals surface area contributed by atoms with Crippen LogP contribution in [0.3, 0.4) is 0 Å². The molecule has 3 N–H and O–H groups in total. The van der Waals surface area contributed by atoms with Crippen molar-refractivity contribution in [3.05, 3.63) is 35.5 Å². The molecule has 1 aliphatic heterocycles. The number of piperidine rings is 1. The quantitative estimate of drug-likeness (QED) is 0.788. The molecule has 0 saturated carbocycles. The highest BCUT2D eigenvalue weighted by molar-refractivity contribution is 5.84. The summed E-state index contributed by atoms with van der Waals surface area (Å²) in [6, 6.07) is 9.20. The smallest absolute Gasteiger partial charge is 0.0459 e. The van der Waals surface area contributed by atoms with Crippen molar-refractivity contribution in [2.75, 3.05) is 13.1 Å². The van der Waals surface area contributed by atoms with E-state index in [9.17, 15) is 0 Å². The molecular weight excluding hydrogens is 234 g/mol. The van der Waals surface area contributed by atoms with Gasteiger partial charge in [-0.1, -0.05) is 24.6 Å². The minimum absolute atomic E-state index is 0.652. The molecule has 0 radical (unpaired) electrons. The van der Waals surface area contributed by atoms with Crippen molar-refractivity contribution < 1.29 is 0 Å². The van der Waals surface area contributed by atoms with Gasteiger partial charge in [-0.2, -0.15) is 0 Å². The Kier molecular flexibility index (Phi) is 3.85. The summed E-state index contributed by atoms with van der Waals surface area (Å²) in [6.07, 6.45) is 4.00. The number of aromatic amines is 1. The molecule has 3 nitrogen and oxygen atoms in total. The number of aryl methyl sites for hydroxylation is 1. The first-order valence-electron chi connectivity index (χ1n) is 7.35. The second kappa shape index (κ2) is 5.76. The van der Waals surface area contributed by atoms with Crippen LogP contribution in [-0.2, 0) is 6.54 Å². The third-order valence-corrected chi connectivity index (χ3v) is 4.13.